The van der Waals surface area contributed by atoms with Crippen LogP contribution in [0.4, 0.5) is 0 Å². The molecule has 0 aromatic heterocycles. The maximum Gasteiger partial charge on any atom is 0.0372 e. The van der Waals surface area contributed by atoms with Crippen molar-refractivity contribution in [3.63, 3.8) is 0 Å². The number of hydrogen-bond acceptors (Lipinski definition) is 0. The van der Waals surface area contributed by atoms with Gasteiger partial charge in [-0.15, -0.1) is 11.6 Å². The van der Waals surface area contributed by atoms with E-state index in [4.69, 9.17) is 11.6 Å². The first kappa shape index (κ1) is 11.4. The lowest BCUT2D eigenvalue weighted by atomic mass is 9.63. The highest BCUT2D eigenvalue weighted by Gasteiger charge is 2.62. The molecule has 0 N–H and O–H groups in total. The van der Waals surface area contributed by atoms with Gasteiger partial charge in [-0.3, -0.25) is 0 Å². The molecule has 0 bridgehead atoms. The fourth-order valence-electron chi connectivity index (χ4n) is 6.07. The van der Waals surface area contributed by atoms with E-state index in [1.165, 1.54) is 25.7 Å². The first-order chi connectivity index (χ1) is 9.34. The van der Waals surface area contributed by atoms with Crippen molar-refractivity contribution in [1.29, 1.82) is 0 Å². The van der Waals surface area contributed by atoms with Crippen LogP contribution in [0.3, 0.4) is 0 Å². The van der Waals surface area contributed by atoms with Gasteiger partial charge in [-0.2, -0.15) is 0 Å². The highest BCUT2D eigenvalue weighted by Crippen LogP contribution is 2.69. The number of allylic oxidation sites excluding steroid dienone is 4. The van der Waals surface area contributed by atoms with Crippen LogP contribution in [0.2, 0.25) is 0 Å². The van der Waals surface area contributed by atoms with Crippen LogP contribution in [0.25, 0.3) is 0 Å². The third-order valence-electron chi connectivity index (χ3n) is 6.97. The summed E-state index contributed by atoms with van der Waals surface area (Å²) in [5.41, 5.74) is 0. The van der Waals surface area contributed by atoms with Crippen LogP contribution in [0.5, 0.6) is 0 Å². The van der Waals surface area contributed by atoms with Crippen molar-refractivity contribution in [1.82, 2.24) is 0 Å². The van der Waals surface area contributed by atoms with E-state index in [1.807, 2.05) is 0 Å². The molecule has 4 saturated carbocycles. The molecule has 0 aromatic carbocycles. The van der Waals surface area contributed by atoms with E-state index in [2.05, 4.69) is 24.3 Å². The number of halogens is 1. The fourth-order valence-corrected chi connectivity index (χ4v) is 6.58. The summed E-state index contributed by atoms with van der Waals surface area (Å²) in [4.78, 5) is 0. The lowest BCUT2D eigenvalue weighted by Gasteiger charge is -2.44. The average molecular weight is 275 g/mol. The van der Waals surface area contributed by atoms with Gasteiger partial charge in [-0.25, -0.2) is 0 Å². The summed E-state index contributed by atoms with van der Waals surface area (Å²) in [7, 11) is 0. The van der Waals surface area contributed by atoms with Gasteiger partial charge >= 0.3 is 0 Å². The normalized spacial score (nSPS) is 61.0. The molecule has 9 atom stereocenters. The molecule has 4 fully saturated rings. The predicted octanol–water partition coefficient (Wildman–Crippen LogP) is 4.65. The topological polar surface area (TPSA) is 0 Å². The molecule has 0 radical (unpaired) electrons. The molecule has 5 aliphatic carbocycles. The minimum Gasteiger partial charge on any atom is -0.123 e. The zero-order valence-corrected chi connectivity index (χ0v) is 12.2. The SMILES string of the molecule is ClC1CCCC2C3CC3C3CC3C3C=CC=CC3C12. The van der Waals surface area contributed by atoms with Gasteiger partial charge in [-0.05, 0) is 73.0 Å². The summed E-state index contributed by atoms with van der Waals surface area (Å²) in [6.07, 6.45) is 16.8. The van der Waals surface area contributed by atoms with Crippen molar-refractivity contribution in [2.75, 3.05) is 0 Å². The van der Waals surface area contributed by atoms with Crippen molar-refractivity contribution in [2.24, 2.45) is 47.3 Å². The molecule has 19 heavy (non-hydrogen) atoms. The Hall–Kier alpha value is -0.230. The number of fused-ring (bicyclic) bond motifs is 8. The molecule has 102 valence electrons. The van der Waals surface area contributed by atoms with Gasteiger partial charge in [0.05, 0.1) is 0 Å². The van der Waals surface area contributed by atoms with Crippen molar-refractivity contribution in [3.05, 3.63) is 24.3 Å². The van der Waals surface area contributed by atoms with Gasteiger partial charge < -0.3 is 0 Å². The van der Waals surface area contributed by atoms with Gasteiger partial charge in [-0.1, -0.05) is 30.7 Å². The van der Waals surface area contributed by atoms with E-state index in [-0.39, 0.29) is 0 Å². The number of alkyl halides is 1. The monoisotopic (exact) mass is 274 g/mol. The molecular formula is C18H23Cl. The van der Waals surface area contributed by atoms with Crippen LogP contribution in [-0.4, -0.2) is 5.38 Å². The van der Waals surface area contributed by atoms with Crippen molar-refractivity contribution >= 4 is 11.6 Å². The summed E-state index contributed by atoms with van der Waals surface area (Å²) >= 11 is 6.82. The third-order valence-corrected chi connectivity index (χ3v) is 7.48. The Labute approximate surface area is 121 Å². The van der Waals surface area contributed by atoms with Crippen molar-refractivity contribution in [3.8, 4) is 0 Å². The van der Waals surface area contributed by atoms with Gasteiger partial charge in [0, 0.05) is 5.38 Å². The predicted molar refractivity (Wildman–Crippen MR) is 78.9 cm³/mol. The largest absolute Gasteiger partial charge is 0.123 e. The Morgan fingerprint density at radius 3 is 2.32 bits per heavy atom. The molecule has 9 unspecified atom stereocenters. The Bertz CT molecular complexity index is 451. The zero-order valence-electron chi connectivity index (χ0n) is 11.4. The van der Waals surface area contributed by atoms with Gasteiger partial charge in [0.1, 0.15) is 0 Å². The maximum atomic E-state index is 6.82. The quantitative estimate of drug-likeness (QED) is 0.445. The Kier molecular flexibility index (Phi) is 2.35. The molecular weight excluding hydrogens is 252 g/mol. The van der Waals surface area contributed by atoms with Crippen LogP contribution < -0.4 is 0 Å². The molecule has 0 spiro atoms. The standard InChI is InChI=1S/C18H23Cl/c19-17-7-3-6-12-14-9-16(14)15-8-13(15)10-4-1-2-5-11(10)18(12)17/h1-2,4-5,10-18H,3,6-9H2. The van der Waals surface area contributed by atoms with E-state index >= 15 is 0 Å². The zero-order chi connectivity index (χ0) is 12.6. The summed E-state index contributed by atoms with van der Waals surface area (Å²) in [5.74, 6) is 7.56. The lowest BCUT2D eigenvalue weighted by Crippen LogP contribution is -2.40. The van der Waals surface area contributed by atoms with Gasteiger partial charge in [0.2, 0.25) is 0 Å². The smallest absolute Gasteiger partial charge is 0.0372 e. The summed E-state index contributed by atoms with van der Waals surface area (Å²) in [6.45, 7) is 0. The van der Waals surface area contributed by atoms with Crippen LogP contribution in [0.1, 0.15) is 32.1 Å². The van der Waals surface area contributed by atoms with E-state index in [1.54, 1.807) is 6.42 Å². The van der Waals surface area contributed by atoms with Crippen LogP contribution in [0, 0.1) is 47.3 Å². The lowest BCUT2D eigenvalue weighted by molar-refractivity contribution is 0.118. The first-order valence-corrected chi connectivity index (χ1v) is 8.77. The molecule has 5 rings (SSSR count). The Morgan fingerprint density at radius 1 is 0.737 bits per heavy atom. The second kappa shape index (κ2) is 3.91. The van der Waals surface area contributed by atoms with Crippen molar-refractivity contribution in [2.45, 2.75) is 37.5 Å². The second-order valence-electron chi connectivity index (χ2n) is 7.74. The van der Waals surface area contributed by atoms with Gasteiger partial charge in [0.15, 0.2) is 0 Å². The molecule has 5 aliphatic rings. The van der Waals surface area contributed by atoms with E-state index in [0.29, 0.717) is 5.38 Å². The summed E-state index contributed by atoms with van der Waals surface area (Å²) < 4.78 is 0. The van der Waals surface area contributed by atoms with Crippen LogP contribution >= 0.6 is 11.6 Å². The molecule has 1 heteroatoms. The van der Waals surface area contributed by atoms with Crippen LogP contribution in [-0.2, 0) is 0 Å². The first-order valence-electron chi connectivity index (χ1n) is 8.33. The maximum absolute atomic E-state index is 6.82. The summed E-state index contributed by atoms with van der Waals surface area (Å²) in [5, 5.41) is 0.443. The molecule has 0 aliphatic heterocycles. The highest BCUT2D eigenvalue weighted by molar-refractivity contribution is 6.20. The molecule has 0 saturated heterocycles. The Balaban J connectivity index is 1.56. The second-order valence-corrected chi connectivity index (χ2v) is 8.30. The van der Waals surface area contributed by atoms with E-state index < -0.39 is 0 Å². The van der Waals surface area contributed by atoms with Crippen molar-refractivity contribution < 1.29 is 0 Å². The fraction of sp³-hybridized carbons (Fsp3) is 0.778. The third kappa shape index (κ3) is 1.59. The molecule has 0 amide bonds. The molecule has 0 heterocycles. The minimum absolute atomic E-state index is 0.443. The van der Waals surface area contributed by atoms with E-state index in [9.17, 15) is 0 Å². The number of hydrogen-bond donors (Lipinski definition) is 0. The molecule has 0 aromatic rings. The average Bonchev–Trinajstić information content (AvgIpc) is 3.30. The number of rotatable bonds is 0. The minimum atomic E-state index is 0.443. The van der Waals surface area contributed by atoms with Crippen LogP contribution in [0.15, 0.2) is 24.3 Å². The molecule has 0 nitrogen and oxygen atoms in total. The van der Waals surface area contributed by atoms with Gasteiger partial charge in [0.25, 0.3) is 0 Å². The Morgan fingerprint density at radius 2 is 1.42 bits per heavy atom. The summed E-state index contributed by atoms with van der Waals surface area (Å²) in [6, 6.07) is 0. The van der Waals surface area contributed by atoms with E-state index in [0.717, 1.165) is 47.3 Å². The highest BCUT2D eigenvalue weighted by atomic mass is 35.5.